The van der Waals surface area contributed by atoms with Gasteiger partial charge in [-0.15, -0.1) is 0 Å². The van der Waals surface area contributed by atoms with E-state index in [1.165, 1.54) is 0 Å². The van der Waals surface area contributed by atoms with Gasteiger partial charge in [0, 0.05) is 42.4 Å². The van der Waals surface area contributed by atoms with Crippen molar-refractivity contribution in [1.29, 1.82) is 0 Å². The maximum Gasteiger partial charge on any atom is 0.225 e. The lowest BCUT2D eigenvalue weighted by atomic mass is 9.84. The third kappa shape index (κ3) is 6.09. The van der Waals surface area contributed by atoms with E-state index in [1.54, 1.807) is 0 Å². The molecule has 1 amide bonds. The number of likely N-dealkylation sites (tertiary alicyclic amines) is 1. The maximum atomic E-state index is 12.8. The van der Waals surface area contributed by atoms with E-state index in [4.69, 9.17) is 0 Å². The molecule has 0 bridgehead atoms. The van der Waals surface area contributed by atoms with Gasteiger partial charge < -0.3 is 10.2 Å². The molecule has 0 aromatic carbocycles. The largest absolute Gasteiger partial charge is 0.342 e. The molecule has 144 valence electrons. The Kier molecular flexibility index (Phi) is 6.35. The van der Waals surface area contributed by atoms with Crippen LogP contribution in [0.25, 0.3) is 0 Å². The van der Waals surface area contributed by atoms with Crippen LogP contribution in [0.15, 0.2) is 0 Å². The molecule has 0 aromatic heterocycles. The second-order valence-corrected chi connectivity index (χ2v) is 10.3. The van der Waals surface area contributed by atoms with Gasteiger partial charge in [0.25, 0.3) is 0 Å². The van der Waals surface area contributed by atoms with Gasteiger partial charge in [0.2, 0.25) is 5.91 Å². The fraction of sp³-hybridized carbons (Fsp3) is 0.905. The lowest BCUT2D eigenvalue weighted by Crippen LogP contribution is -2.46. The number of ketones is 1. The van der Waals surface area contributed by atoms with Gasteiger partial charge in [-0.05, 0) is 58.8 Å². The SMILES string of the molecule is CC(C)(C)NC1CCC(C(=O)N2CC[C@@H](CC(=O)C(C)(C)C)C2)CC1. The van der Waals surface area contributed by atoms with Crippen molar-refractivity contribution >= 4 is 11.7 Å². The third-order valence-electron chi connectivity index (χ3n) is 5.62. The van der Waals surface area contributed by atoms with Crippen molar-refractivity contribution in [3.63, 3.8) is 0 Å². The summed E-state index contributed by atoms with van der Waals surface area (Å²) in [4.78, 5) is 27.1. The molecule has 2 rings (SSSR count). The quantitative estimate of drug-likeness (QED) is 0.839. The van der Waals surface area contributed by atoms with Gasteiger partial charge in [0.05, 0.1) is 0 Å². The van der Waals surface area contributed by atoms with Gasteiger partial charge >= 0.3 is 0 Å². The van der Waals surface area contributed by atoms with Crippen molar-refractivity contribution < 1.29 is 9.59 Å². The number of hydrogen-bond donors (Lipinski definition) is 1. The highest BCUT2D eigenvalue weighted by molar-refractivity contribution is 5.84. The number of Topliss-reactive ketones (excluding diaryl/α,β-unsaturated/α-hetero) is 1. The molecule has 1 aliphatic carbocycles. The maximum absolute atomic E-state index is 12.8. The lowest BCUT2D eigenvalue weighted by Gasteiger charge is -2.35. The summed E-state index contributed by atoms with van der Waals surface area (Å²) in [5, 5.41) is 3.67. The molecular weight excluding hydrogens is 312 g/mol. The third-order valence-corrected chi connectivity index (χ3v) is 5.62. The molecule has 2 aliphatic rings. The standard InChI is InChI=1S/C21H38N2O2/c1-20(2,3)18(24)13-15-11-12-23(14-15)19(25)16-7-9-17(10-8-16)22-21(4,5)6/h15-17,22H,7-14H2,1-6H3/t15-,16?,17?/m0/s1. The number of rotatable bonds is 4. The van der Waals surface area contributed by atoms with Crippen LogP contribution in [0.1, 0.15) is 80.1 Å². The Morgan fingerprint density at radius 3 is 2.08 bits per heavy atom. The molecule has 0 radical (unpaired) electrons. The van der Waals surface area contributed by atoms with Crippen LogP contribution in [0.3, 0.4) is 0 Å². The monoisotopic (exact) mass is 350 g/mol. The van der Waals surface area contributed by atoms with Crippen LogP contribution in [0, 0.1) is 17.3 Å². The van der Waals surface area contributed by atoms with Crippen molar-refractivity contribution in [3.05, 3.63) is 0 Å². The first kappa shape index (κ1) is 20.4. The molecule has 1 saturated heterocycles. The van der Waals surface area contributed by atoms with E-state index in [0.29, 0.717) is 30.1 Å². The Bertz CT molecular complexity index is 479. The number of nitrogens with zero attached hydrogens (tertiary/aromatic N) is 1. The van der Waals surface area contributed by atoms with Crippen molar-refractivity contribution in [2.24, 2.45) is 17.3 Å². The van der Waals surface area contributed by atoms with Crippen LogP contribution >= 0.6 is 0 Å². The van der Waals surface area contributed by atoms with Crippen LogP contribution in [0.5, 0.6) is 0 Å². The fourth-order valence-electron chi connectivity index (χ4n) is 4.12. The summed E-state index contributed by atoms with van der Waals surface area (Å²) in [6, 6.07) is 0.541. The van der Waals surface area contributed by atoms with Crippen molar-refractivity contribution in [1.82, 2.24) is 10.2 Å². The van der Waals surface area contributed by atoms with Gasteiger partial charge in [-0.25, -0.2) is 0 Å². The summed E-state index contributed by atoms with van der Waals surface area (Å²) in [6.45, 7) is 14.2. The summed E-state index contributed by atoms with van der Waals surface area (Å²) in [5.74, 6) is 1.20. The van der Waals surface area contributed by atoms with Crippen molar-refractivity contribution in [2.45, 2.75) is 91.6 Å². The molecule has 4 heteroatoms. The Morgan fingerprint density at radius 1 is 0.960 bits per heavy atom. The average Bonchev–Trinajstić information content (AvgIpc) is 2.93. The number of amides is 1. The zero-order chi connectivity index (χ0) is 18.8. The summed E-state index contributed by atoms with van der Waals surface area (Å²) in [7, 11) is 0. The van der Waals surface area contributed by atoms with Crippen LogP contribution in [0.4, 0.5) is 0 Å². The summed E-state index contributed by atoms with van der Waals surface area (Å²) >= 11 is 0. The topological polar surface area (TPSA) is 49.4 Å². The Labute approximate surface area is 154 Å². The number of carbonyl (C=O) groups is 2. The minimum absolute atomic E-state index is 0.142. The van der Waals surface area contributed by atoms with Gasteiger partial charge in [-0.2, -0.15) is 0 Å². The second kappa shape index (κ2) is 7.77. The zero-order valence-electron chi connectivity index (χ0n) is 17.2. The van der Waals surface area contributed by atoms with E-state index in [-0.39, 0.29) is 16.9 Å². The highest BCUT2D eigenvalue weighted by atomic mass is 16.2. The van der Waals surface area contributed by atoms with Gasteiger partial charge in [-0.1, -0.05) is 20.8 Å². The van der Waals surface area contributed by atoms with E-state index >= 15 is 0 Å². The van der Waals surface area contributed by atoms with Crippen LogP contribution in [-0.4, -0.2) is 41.3 Å². The summed E-state index contributed by atoms with van der Waals surface area (Å²) in [6.07, 6.45) is 5.77. The summed E-state index contributed by atoms with van der Waals surface area (Å²) < 4.78 is 0. The van der Waals surface area contributed by atoms with E-state index in [9.17, 15) is 9.59 Å². The fourth-order valence-corrected chi connectivity index (χ4v) is 4.12. The predicted molar refractivity (Wildman–Crippen MR) is 102 cm³/mol. The molecular formula is C21H38N2O2. The first-order valence-corrected chi connectivity index (χ1v) is 10.1. The van der Waals surface area contributed by atoms with Gasteiger partial charge in [-0.3, -0.25) is 9.59 Å². The summed E-state index contributed by atoms with van der Waals surface area (Å²) in [5.41, 5.74) is -0.126. The predicted octanol–water partition coefficient (Wildman–Crippen LogP) is 3.79. The molecule has 25 heavy (non-hydrogen) atoms. The van der Waals surface area contributed by atoms with E-state index in [1.807, 2.05) is 25.7 Å². The smallest absolute Gasteiger partial charge is 0.225 e. The number of hydrogen-bond acceptors (Lipinski definition) is 3. The molecule has 1 aliphatic heterocycles. The lowest BCUT2D eigenvalue weighted by molar-refractivity contribution is -0.136. The number of carbonyl (C=O) groups excluding carboxylic acids is 2. The van der Waals surface area contributed by atoms with E-state index < -0.39 is 0 Å². The molecule has 2 fully saturated rings. The molecule has 1 N–H and O–H groups in total. The average molecular weight is 351 g/mol. The normalized spacial score (nSPS) is 28.2. The van der Waals surface area contributed by atoms with Crippen LogP contribution < -0.4 is 5.32 Å². The van der Waals surface area contributed by atoms with E-state index in [2.05, 4.69) is 26.1 Å². The van der Waals surface area contributed by atoms with Gasteiger partial charge in [0.15, 0.2) is 0 Å². The molecule has 4 nitrogen and oxygen atoms in total. The minimum Gasteiger partial charge on any atom is -0.342 e. The first-order valence-electron chi connectivity index (χ1n) is 10.1. The highest BCUT2D eigenvalue weighted by Gasteiger charge is 2.35. The van der Waals surface area contributed by atoms with Crippen molar-refractivity contribution in [2.75, 3.05) is 13.1 Å². The minimum atomic E-state index is -0.268. The van der Waals surface area contributed by atoms with Crippen LogP contribution in [0.2, 0.25) is 0 Å². The molecule has 0 spiro atoms. The highest BCUT2D eigenvalue weighted by Crippen LogP contribution is 2.31. The Hall–Kier alpha value is -0.900. The molecule has 0 unspecified atom stereocenters. The van der Waals surface area contributed by atoms with Gasteiger partial charge in [0.1, 0.15) is 5.78 Å². The molecule has 1 saturated carbocycles. The Morgan fingerprint density at radius 2 is 1.56 bits per heavy atom. The molecule has 1 heterocycles. The Balaban J connectivity index is 1.78. The first-order chi connectivity index (χ1) is 11.5. The van der Waals surface area contributed by atoms with E-state index in [0.717, 1.165) is 45.2 Å². The molecule has 0 aromatic rings. The van der Waals surface area contributed by atoms with Crippen molar-refractivity contribution in [3.8, 4) is 0 Å². The zero-order valence-corrected chi connectivity index (χ0v) is 17.2. The number of nitrogens with one attached hydrogen (secondary N) is 1. The molecule has 1 atom stereocenters. The second-order valence-electron chi connectivity index (χ2n) is 10.3. The van der Waals surface area contributed by atoms with Crippen LogP contribution in [-0.2, 0) is 9.59 Å².